The minimum absolute atomic E-state index is 0.0443. The second-order valence-corrected chi connectivity index (χ2v) is 8.77. The highest BCUT2D eigenvalue weighted by Crippen LogP contribution is 2.37. The Kier molecular flexibility index (Phi) is 3.54. The molecule has 1 aliphatic carbocycles. The van der Waals surface area contributed by atoms with Crippen LogP contribution in [0.1, 0.15) is 31.8 Å². The molecule has 1 heterocycles. The Morgan fingerprint density at radius 3 is 2.32 bits per heavy atom. The number of carbonyl (C=O) groups is 2. The van der Waals surface area contributed by atoms with E-state index in [0.29, 0.717) is 9.87 Å². The first-order valence-electron chi connectivity index (χ1n) is 8.87. The monoisotopic (exact) mass is 389 g/mol. The van der Waals surface area contributed by atoms with Crippen molar-refractivity contribution in [2.75, 3.05) is 6.54 Å². The van der Waals surface area contributed by atoms with E-state index in [9.17, 15) is 18.0 Å². The Morgan fingerprint density at radius 1 is 0.857 bits per heavy atom. The number of nitrogens with zero attached hydrogens (tertiary/aromatic N) is 1. The number of amides is 1. The van der Waals surface area contributed by atoms with Crippen molar-refractivity contribution in [1.29, 1.82) is 0 Å². The fraction of sp³-hybridized carbons (Fsp3) is 0.0909. The average molecular weight is 389 g/mol. The third kappa shape index (κ3) is 2.34. The summed E-state index contributed by atoms with van der Waals surface area (Å²) in [6, 6.07) is 19.5. The van der Waals surface area contributed by atoms with Crippen LogP contribution in [0, 0.1) is 0 Å². The van der Waals surface area contributed by atoms with E-state index < -0.39 is 28.3 Å². The maximum Gasteiger partial charge on any atom is 0.269 e. The predicted molar refractivity (Wildman–Crippen MR) is 104 cm³/mol. The molecular weight excluding hydrogens is 374 g/mol. The van der Waals surface area contributed by atoms with Gasteiger partial charge >= 0.3 is 0 Å². The van der Waals surface area contributed by atoms with Crippen LogP contribution in [0.3, 0.4) is 0 Å². The van der Waals surface area contributed by atoms with Crippen LogP contribution in [0.25, 0.3) is 11.1 Å². The molecule has 1 aliphatic heterocycles. The van der Waals surface area contributed by atoms with E-state index >= 15 is 0 Å². The zero-order chi connectivity index (χ0) is 19.5. The smallest absolute Gasteiger partial charge is 0.269 e. The Bertz CT molecular complexity index is 1280. The van der Waals surface area contributed by atoms with Crippen molar-refractivity contribution in [3.63, 3.8) is 0 Å². The fourth-order valence-electron chi connectivity index (χ4n) is 3.93. The molecule has 3 aromatic carbocycles. The zero-order valence-corrected chi connectivity index (χ0v) is 15.6. The van der Waals surface area contributed by atoms with Crippen molar-refractivity contribution in [3.05, 3.63) is 89.0 Å². The molecule has 2 aliphatic rings. The highest BCUT2D eigenvalue weighted by molar-refractivity contribution is 7.90. The average Bonchev–Trinajstić information content (AvgIpc) is 3.16. The Morgan fingerprint density at radius 2 is 1.54 bits per heavy atom. The number of benzene rings is 3. The van der Waals surface area contributed by atoms with E-state index in [1.165, 1.54) is 17.7 Å². The lowest BCUT2D eigenvalue weighted by atomic mass is 10.0. The lowest BCUT2D eigenvalue weighted by Crippen LogP contribution is -2.35. The second-order valence-electron chi connectivity index (χ2n) is 6.94. The summed E-state index contributed by atoms with van der Waals surface area (Å²) in [5, 5.41) is 0. The molecule has 3 aromatic rings. The van der Waals surface area contributed by atoms with Crippen LogP contribution in [-0.2, 0) is 16.4 Å². The van der Waals surface area contributed by atoms with Gasteiger partial charge in [0.25, 0.3) is 15.9 Å². The van der Waals surface area contributed by atoms with E-state index in [1.54, 1.807) is 24.3 Å². The van der Waals surface area contributed by atoms with Crippen LogP contribution in [-0.4, -0.2) is 31.0 Å². The second kappa shape index (κ2) is 5.87. The van der Waals surface area contributed by atoms with Gasteiger partial charge < -0.3 is 0 Å². The SMILES string of the molecule is O=C(CN1C(=O)c2ccccc2S1(=O)=O)c1ccc2c(c1)Cc1ccccc1-2. The minimum Gasteiger partial charge on any atom is -0.292 e. The molecule has 0 saturated carbocycles. The first kappa shape index (κ1) is 16.9. The van der Waals surface area contributed by atoms with Crippen LogP contribution in [0.5, 0.6) is 0 Å². The predicted octanol–water partition coefficient (Wildman–Crippen LogP) is 3.29. The quantitative estimate of drug-likeness (QED) is 0.504. The van der Waals surface area contributed by atoms with Gasteiger partial charge in [-0.25, -0.2) is 12.7 Å². The maximum absolute atomic E-state index is 12.8. The molecular formula is C22H15NO4S. The number of hydrogen-bond donors (Lipinski definition) is 0. The molecule has 138 valence electrons. The first-order chi connectivity index (χ1) is 13.5. The lowest BCUT2D eigenvalue weighted by Gasteiger charge is -2.14. The van der Waals surface area contributed by atoms with E-state index in [2.05, 4.69) is 12.1 Å². The van der Waals surface area contributed by atoms with Crippen LogP contribution < -0.4 is 0 Å². The molecule has 0 fully saturated rings. The number of rotatable bonds is 3. The van der Waals surface area contributed by atoms with E-state index in [1.807, 2.05) is 18.2 Å². The summed E-state index contributed by atoms with van der Waals surface area (Å²) in [5.74, 6) is -1.05. The molecule has 0 saturated heterocycles. The topological polar surface area (TPSA) is 71.5 Å². The molecule has 5 rings (SSSR count). The van der Waals surface area contributed by atoms with E-state index in [4.69, 9.17) is 0 Å². The number of Topliss-reactive ketones (excluding diaryl/α,β-unsaturated/α-hetero) is 1. The molecule has 6 heteroatoms. The van der Waals surface area contributed by atoms with Gasteiger partial charge in [0.2, 0.25) is 0 Å². The van der Waals surface area contributed by atoms with Gasteiger partial charge in [0.15, 0.2) is 5.78 Å². The fourth-order valence-corrected chi connectivity index (χ4v) is 5.45. The van der Waals surface area contributed by atoms with Crippen LogP contribution in [0.4, 0.5) is 0 Å². The molecule has 28 heavy (non-hydrogen) atoms. The molecule has 5 nitrogen and oxygen atoms in total. The number of hydrogen-bond acceptors (Lipinski definition) is 4. The molecule has 0 spiro atoms. The summed E-state index contributed by atoms with van der Waals surface area (Å²) >= 11 is 0. The van der Waals surface area contributed by atoms with E-state index in [-0.39, 0.29) is 10.5 Å². The van der Waals surface area contributed by atoms with E-state index in [0.717, 1.165) is 23.1 Å². The van der Waals surface area contributed by atoms with Crippen molar-refractivity contribution in [1.82, 2.24) is 4.31 Å². The molecule has 0 aromatic heterocycles. The number of fused-ring (bicyclic) bond motifs is 4. The summed E-state index contributed by atoms with van der Waals surface area (Å²) in [6.07, 6.45) is 0.735. The summed E-state index contributed by atoms with van der Waals surface area (Å²) in [4.78, 5) is 25.3. The van der Waals surface area contributed by atoms with Crippen molar-refractivity contribution in [2.45, 2.75) is 11.3 Å². The zero-order valence-electron chi connectivity index (χ0n) is 14.8. The summed E-state index contributed by atoms with van der Waals surface area (Å²) in [7, 11) is -3.99. The first-order valence-corrected chi connectivity index (χ1v) is 10.3. The third-order valence-corrected chi connectivity index (χ3v) is 7.10. The molecule has 0 atom stereocenters. The molecule has 0 radical (unpaired) electrons. The highest BCUT2D eigenvalue weighted by Gasteiger charge is 2.41. The third-order valence-electron chi connectivity index (χ3n) is 5.31. The Hall–Kier alpha value is -3.25. The van der Waals surface area contributed by atoms with Crippen LogP contribution in [0.15, 0.2) is 71.6 Å². The normalized spacial score (nSPS) is 15.9. The highest BCUT2D eigenvalue weighted by atomic mass is 32.2. The largest absolute Gasteiger partial charge is 0.292 e. The van der Waals surface area contributed by atoms with Crippen molar-refractivity contribution in [2.24, 2.45) is 0 Å². The minimum atomic E-state index is -3.99. The van der Waals surface area contributed by atoms with Crippen LogP contribution >= 0.6 is 0 Å². The van der Waals surface area contributed by atoms with Crippen LogP contribution in [0.2, 0.25) is 0 Å². The maximum atomic E-state index is 12.8. The lowest BCUT2D eigenvalue weighted by molar-refractivity contribution is 0.0820. The van der Waals surface area contributed by atoms with Gasteiger partial charge in [0.05, 0.1) is 5.56 Å². The van der Waals surface area contributed by atoms with Crippen molar-refractivity contribution >= 4 is 21.7 Å². The molecule has 0 N–H and O–H groups in total. The molecule has 0 unspecified atom stereocenters. The summed E-state index contributed by atoms with van der Waals surface area (Å²) in [6.45, 7) is -0.498. The van der Waals surface area contributed by atoms with Gasteiger partial charge in [-0.2, -0.15) is 0 Å². The Labute approximate surface area is 162 Å². The summed E-state index contributed by atoms with van der Waals surface area (Å²) in [5.41, 5.74) is 5.00. The van der Waals surface area contributed by atoms with Gasteiger partial charge in [-0.15, -0.1) is 0 Å². The molecule has 1 amide bonds. The molecule has 0 bridgehead atoms. The number of carbonyl (C=O) groups excluding carboxylic acids is 2. The van der Waals surface area contributed by atoms with Gasteiger partial charge in [-0.3, -0.25) is 9.59 Å². The van der Waals surface area contributed by atoms with Gasteiger partial charge in [-0.1, -0.05) is 48.5 Å². The van der Waals surface area contributed by atoms with Crippen molar-refractivity contribution < 1.29 is 18.0 Å². The number of sulfonamides is 1. The van der Waals surface area contributed by atoms with Crippen molar-refractivity contribution in [3.8, 4) is 11.1 Å². The summed E-state index contributed by atoms with van der Waals surface area (Å²) < 4.78 is 26.0. The van der Waals surface area contributed by atoms with Gasteiger partial charge in [0, 0.05) is 5.56 Å². The Balaban J connectivity index is 1.45. The number of ketones is 1. The van der Waals surface area contributed by atoms with Gasteiger partial charge in [-0.05, 0) is 46.9 Å². The van der Waals surface area contributed by atoms with Gasteiger partial charge in [0.1, 0.15) is 11.4 Å². The standard InChI is InChI=1S/C22H15NO4S/c24-20(13-23-22(25)19-7-3-4-8-21(19)28(23,26)27)15-9-10-18-16(12-15)11-14-5-1-2-6-17(14)18/h1-10,12H,11,13H2.